The van der Waals surface area contributed by atoms with Gasteiger partial charge in [-0.3, -0.25) is 4.79 Å². The zero-order chi connectivity index (χ0) is 15.6. The highest BCUT2D eigenvalue weighted by Crippen LogP contribution is 2.20. The third kappa shape index (κ3) is 3.78. The van der Waals surface area contributed by atoms with Gasteiger partial charge in [-0.15, -0.1) is 12.4 Å². The Morgan fingerprint density at radius 3 is 2.23 bits per heavy atom. The molecule has 1 aromatic carbocycles. The molecule has 0 bridgehead atoms. The van der Waals surface area contributed by atoms with E-state index in [2.05, 4.69) is 5.32 Å². The van der Waals surface area contributed by atoms with Crippen LogP contribution >= 0.6 is 12.4 Å². The molecule has 6 nitrogen and oxygen atoms in total. The van der Waals surface area contributed by atoms with E-state index >= 15 is 0 Å². The predicted octanol–water partition coefficient (Wildman–Crippen LogP) is 0.793. The lowest BCUT2D eigenvalue weighted by atomic mass is 10.2. The Hall–Kier alpha value is -1.15. The molecule has 1 saturated heterocycles. The van der Waals surface area contributed by atoms with Gasteiger partial charge >= 0.3 is 0 Å². The second-order valence-electron chi connectivity index (χ2n) is 5.39. The number of sulfonamides is 1. The van der Waals surface area contributed by atoms with Crippen molar-refractivity contribution in [2.75, 3.05) is 34.2 Å². The van der Waals surface area contributed by atoms with Gasteiger partial charge in [0.25, 0.3) is 5.91 Å². The van der Waals surface area contributed by atoms with Crippen molar-refractivity contribution in [3.8, 4) is 0 Å². The number of carbonyl (C=O) groups excluding carboxylic acids is 1. The summed E-state index contributed by atoms with van der Waals surface area (Å²) in [4.78, 5) is 13.5. The molecule has 124 valence electrons. The van der Waals surface area contributed by atoms with E-state index in [1.54, 1.807) is 33.3 Å². The van der Waals surface area contributed by atoms with Crippen LogP contribution in [-0.2, 0) is 10.0 Å². The fourth-order valence-corrected chi connectivity index (χ4v) is 3.72. The maximum atomic E-state index is 12.5. The number of benzene rings is 1. The monoisotopic (exact) mass is 347 g/mol. The van der Waals surface area contributed by atoms with E-state index in [1.165, 1.54) is 21.3 Å². The molecule has 1 aliphatic heterocycles. The van der Waals surface area contributed by atoms with Crippen LogP contribution in [0.1, 0.15) is 16.8 Å². The van der Waals surface area contributed by atoms with E-state index < -0.39 is 10.0 Å². The Bertz CT molecular complexity index is 611. The molecule has 1 aliphatic rings. The Kier molecular flexibility index (Phi) is 6.37. The van der Waals surface area contributed by atoms with Gasteiger partial charge in [-0.05, 0) is 37.2 Å². The summed E-state index contributed by atoms with van der Waals surface area (Å²) in [6.07, 6.45) is 0.812. The van der Waals surface area contributed by atoms with Gasteiger partial charge in [0.1, 0.15) is 0 Å². The molecule has 0 aliphatic carbocycles. The van der Waals surface area contributed by atoms with Crippen LogP contribution in [0.5, 0.6) is 0 Å². The van der Waals surface area contributed by atoms with Crippen molar-refractivity contribution >= 4 is 28.3 Å². The summed E-state index contributed by atoms with van der Waals surface area (Å²) in [5.41, 5.74) is 0.476. The summed E-state index contributed by atoms with van der Waals surface area (Å²) in [7, 11) is 1.41. The van der Waals surface area contributed by atoms with Crippen LogP contribution in [-0.4, -0.2) is 63.8 Å². The maximum Gasteiger partial charge on any atom is 0.253 e. The second kappa shape index (κ2) is 7.41. The van der Waals surface area contributed by atoms with Gasteiger partial charge < -0.3 is 10.2 Å². The number of nitrogens with zero attached hydrogens (tertiary/aromatic N) is 2. The molecule has 0 radical (unpaired) electrons. The van der Waals surface area contributed by atoms with Crippen molar-refractivity contribution in [3.05, 3.63) is 29.8 Å². The standard InChI is InChI=1S/C14H21N3O3S.ClH/c1-16(2)14(18)11-4-6-13(7-5-11)21(19,20)17(3)12-8-9-15-10-12;/h4-7,12,15H,8-10H2,1-3H3;1H. The van der Waals surface area contributed by atoms with Crippen molar-refractivity contribution in [3.63, 3.8) is 0 Å². The molecule has 1 amide bonds. The van der Waals surface area contributed by atoms with Gasteiger partial charge in [0, 0.05) is 39.3 Å². The Labute approximate surface area is 137 Å². The van der Waals surface area contributed by atoms with E-state index in [9.17, 15) is 13.2 Å². The number of halogens is 1. The molecule has 1 unspecified atom stereocenters. The Morgan fingerprint density at radius 2 is 1.77 bits per heavy atom. The first kappa shape index (κ1) is 18.9. The molecule has 1 N–H and O–H groups in total. The van der Waals surface area contributed by atoms with E-state index in [4.69, 9.17) is 0 Å². The number of nitrogens with one attached hydrogen (secondary N) is 1. The molecule has 8 heteroatoms. The molecule has 1 aromatic rings. The minimum absolute atomic E-state index is 0. The van der Waals surface area contributed by atoms with Crippen LogP contribution < -0.4 is 5.32 Å². The van der Waals surface area contributed by atoms with Gasteiger partial charge in [0.15, 0.2) is 0 Å². The molecule has 1 fully saturated rings. The highest BCUT2D eigenvalue weighted by atomic mass is 35.5. The first-order valence-electron chi connectivity index (χ1n) is 6.84. The Morgan fingerprint density at radius 1 is 1.18 bits per heavy atom. The number of amides is 1. The normalized spacial score (nSPS) is 18.1. The molecule has 0 aromatic heterocycles. The van der Waals surface area contributed by atoms with E-state index in [1.807, 2.05) is 0 Å². The molecule has 1 atom stereocenters. The summed E-state index contributed by atoms with van der Waals surface area (Å²) in [6, 6.07) is 6.07. The quantitative estimate of drug-likeness (QED) is 0.874. The van der Waals surface area contributed by atoms with Crippen LogP contribution in [0.15, 0.2) is 29.2 Å². The number of likely N-dealkylation sites (N-methyl/N-ethyl adjacent to an activating group) is 1. The van der Waals surface area contributed by atoms with Crippen LogP contribution in [0.2, 0.25) is 0 Å². The summed E-state index contributed by atoms with van der Waals surface area (Å²) >= 11 is 0. The van der Waals surface area contributed by atoms with Crippen molar-refractivity contribution in [1.29, 1.82) is 0 Å². The van der Waals surface area contributed by atoms with Gasteiger partial charge in [0.05, 0.1) is 4.90 Å². The summed E-state index contributed by atoms with van der Waals surface area (Å²) < 4.78 is 26.5. The lowest BCUT2D eigenvalue weighted by Crippen LogP contribution is -2.38. The van der Waals surface area contributed by atoms with Gasteiger partial charge in [-0.2, -0.15) is 4.31 Å². The number of carbonyl (C=O) groups is 1. The van der Waals surface area contributed by atoms with Crippen LogP contribution in [0.25, 0.3) is 0 Å². The molecular formula is C14H22ClN3O3S. The number of hydrogen-bond acceptors (Lipinski definition) is 4. The van der Waals surface area contributed by atoms with Crippen molar-refractivity contribution in [1.82, 2.24) is 14.5 Å². The third-order valence-corrected chi connectivity index (χ3v) is 5.66. The lowest BCUT2D eigenvalue weighted by molar-refractivity contribution is 0.0827. The Balaban J connectivity index is 0.00000242. The minimum atomic E-state index is -3.52. The summed E-state index contributed by atoms with van der Waals surface area (Å²) in [6.45, 7) is 1.51. The molecular weight excluding hydrogens is 326 g/mol. The van der Waals surface area contributed by atoms with E-state index in [0.29, 0.717) is 12.1 Å². The molecule has 0 saturated carbocycles. The lowest BCUT2D eigenvalue weighted by Gasteiger charge is -2.23. The fraction of sp³-hybridized carbons (Fsp3) is 0.500. The van der Waals surface area contributed by atoms with Gasteiger partial charge in [0.2, 0.25) is 10.0 Å². The van der Waals surface area contributed by atoms with Gasteiger partial charge in [-0.25, -0.2) is 8.42 Å². The van der Waals surface area contributed by atoms with E-state index in [0.717, 1.165) is 13.0 Å². The average molecular weight is 348 g/mol. The molecule has 22 heavy (non-hydrogen) atoms. The zero-order valence-corrected chi connectivity index (χ0v) is 14.6. The van der Waals surface area contributed by atoms with Crippen molar-refractivity contribution in [2.24, 2.45) is 0 Å². The zero-order valence-electron chi connectivity index (χ0n) is 12.9. The SMILES string of the molecule is CN(C)C(=O)c1ccc(S(=O)(=O)N(C)C2CCNC2)cc1.Cl. The smallest absolute Gasteiger partial charge is 0.253 e. The first-order chi connectivity index (χ1) is 9.84. The largest absolute Gasteiger partial charge is 0.345 e. The summed E-state index contributed by atoms with van der Waals surface area (Å²) in [5, 5.41) is 3.16. The molecule has 1 heterocycles. The summed E-state index contributed by atoms with van der Waals surface area (Å²) in [5.74, 6) is -0.146. The van der Waals surface area contributed by atoms with Crippen molar-refractivity contribution in [2.45, 2.75) is 17.4 Å². The number of hydrogen-bond donors (Lipinski definition) is 1. The topological polar surface area (TPSA) is 69.7 Å². The molecule has 0 spiro atoms. The van der Waals surface area contributed by atoms with Crippen molar-refractivity contribution < 1.29 is 13.2 Å². The van der Waals surface area contributed by atoms with E-state index in [-0.39, 0.29) is 29.3 Å². The maximum absolute atomic E-state index is 12.5. The second-order valence-corrected chi connectivity index (χ2v) is 7.39. The highest BCUT2D eigenvalue weighted by Gasteiger charge is 2.29. The minimum Gasteiger partial charge on any atom is -0.345 e. The van der Waals surface area contributed by atoms with Crippen LogP contribution in [0.4, 0.5) is 0 Å². The first-order valence-corrected chi connectivity index (χ1v) is 8.28. The third-order valence-electron chi connectivity index (χ3n) is 3.73. The highest BCUT2D eigenvalue weighted by molar-refractivity contribution is 7.89. The fourth-order valence-electron chi connectivity index (χ4n) is 2.34. The van der Waals surface area contributed by atoms with Crippen LogP contribution in [0.3, 0.4) is 0 Å². The van der Waals surface area contributed by atoms with Gasteiger partial charge in [-0.1, -0.05) is 0 Å². The van der Waals surface area contributed by atoms with Crippen LogP contribution in [0, 0.1) is 0 Å². The number of rotatable bonds is 4. The average Bonchev–Trinajstić information content (AvgIpc) is 2.99. The molecule has 2 rings (SSSR count). The predicted molar refractivity (Wildman–Crippen MR) is 87.9 cm³/mol.